The third-order valence-corrected chi connectivity index (χ3v) is 0.637. The summed E-state index contributed by atoms with van der Waals surface area (Å²) >= 11 is 0. The highest BCUT2D eigenvalue weighted by Gasteiger charge is 1.69. The van der Waals surface area contributed by atoms with Crippen molar-refractivity contribution in [3.8, 4) is 0 Å². The van der Waals surface area contributed by atoms with Crippen LogP contribution in [0.15, 0.2) is 18.5 Å². The molecule has 0 spiro atoms. The van der Waals surface area contributed by atoms with E-state index in [9.17, 15) is 0 Å². The SMILES string of the molecule is Br.Cn1cccn1. The third kappa shape index (κ3) is 1.73. The second-order valence-electron chi connectivity index (χ2n) is 1.18. The number of nitrogens with zero attached hydrogens (tertiary/aromatic N) is 2. The van der Waals surface area contributed by atoms with E-state index in [0.29, 0.717) is 0 Å². The quantitative estimate of drug-likeness (QED) is 0.557. The van der Waals surface area contributed by atoms with Gasteiger partial charge in [0.1, 0.15) is 0 Å². The van der Waals surface area contributed by atoms with Gasteiger partial charge in [-0.3, -0.25) is 4.68 Å². The maximum Gasteiger partial charge on any atom is 0.0489 e. The minimum absolute atomic E-state index is 0. The van der Waals surface area contributed by atoms with Gasteiger partial charge in [-0.2, -0.15) is 5.10 Å². The Bertz CT molecular complexity index is 113. The van der Waals surface area contributed by atoms with Gasteiger partial charge in [0.05, 0.1) is 0 Å². The molecule has 0 aliphatic carbocycles. The maximum absolute atomic E-state index is 3.83. The molecule has 0 saturated carbocycles. The Hall–Kier alpha value is -0.310. The molecule has 1 heterocycles. The summed E-state index contributed by atoms with van der Waals surface area (Å²) in [6.07, 6.45) is 3.64. The molecule has 3 heteroatoms. The third-order valence-electron chi connectivity index (χ3n) is 0.637. The highest BCUT2D eigenvalue weighted by Crippen LogP contribution is 1.73. The van der Waals surface area contributed by atoms with E-state index in [0.717, 1.165) is 0 Å². The van der Waals surface area contributed by atoms with E-state index in [2.05, 4.69) is 5.10 Å². The van der Waals surface area contributed by atoms with Crippen LogP contribution in [0.1, 0.15) is 0 Å². The smallest absolute Gasteiger partial charge is 0.0489 e. The zero-order chi connectivity index (χ0) is 4.41. The molecule has 0 fully saturated rings. The minimum atomic E-state index is 0. The Morgan fingerprint density at radius 3 is 2.43 bits per heavy atom. The lowest BCUT2D eigenvalue weighted by molar-refractivity contribution is 0.768. The molecular weight excluding hydrogens is 156 g/mol. The number of aryl methyl sites for hydroxylation is 1. The number of aromatic nitrogens is 2. The molecule has 1 aromatic heterocycles. The molecular formula is C4H7BrN2. The molecule has 2 nitrogen and oxygen atoms in total. The molecule has 0 unspecified atom stereocenters. The van der Waals surface area contributed by atoms with E-state index in [1.165, 1.54) is 0 Å². The molecule has 0 amide bonds. The second kappa shape index (κ2) is 2.80. The molecule has 0 saturated heterocycles. The van der Waals surface area contributed by atoms with Crippen LogP contribution in [0.5, 0.6) is 0 Å². The molecule has 40 valence electrons. The van der Waals surface area contributed by atoms with Crippen LogP contribution in [0, 0.1) is 0 Å². The lowest BCUT2D eigenvalue weighted by Crippen LogP contribution is -1.83. The van der Waals surface area contributed by atoms with Gasteiger partial charge in [0.15, 0.2) is 0 Å². The molecule has 0 bridgehead atoms. The predicted octanol–water partition coefficient (Wildman–Crippen LogP) is 0.998. The average molecular weight is 163 g/mol. The van der Waals surface area contributed by atoms with Crippen molar-refractivity contribution in [3.05, 3.63) is 18.5 Å². The van der Waals surface area contributed by atoms with Gasteiger partial charge in [-0.05, 0) is 6.07 Å². The van der Waals surface area contributed by atoms with Gasteiger partial charge in [0.2, 0.25) is 0 Å². The molecule has 0 aliphatic rings. The number of hydrogen-bond donors (Lipinski definition) is 0. The van der Waals surface area contributed by atoms with Crippen LogP contribution in [0.2, 0.25) is 0 Å². The van der Waals surface area contributed by atoms with Gasteiger partial charge in [-0.1, -0.05) is 0 Å². The lowest BCUT2D eigenvalue weighted by atomic mass is 10.8. The van der Waals surface area contributed by atoms with Crippen LogP contribution < -0.4 is 0 Å². The van der Waals surface area contributed by atoms with Gasteiger partial charge in [0, 0.05) is 19.4 Å². The fourth-order valence-electron chi connectivity index (χ4n) is 0.345. The largest absolute Gasteiger partial charge is 0.276 e. The van der Waals surface area contributed by atoms with Crippen molar-refractivity contribution < 1.29 is 0 Å². The molecule has 0 aliphatic heterocycles. The minimum Gasteiger partial charge on any atom is -0.276 e. The van der Waals surface area contributed by atoms with Crippen molar-refractivity contribution in [2.24, 2.45) is 7.05 Å². The van der Waals surface area contributed by atoms with E-state index in [-0.39, 0.29) is 17.0 Å². The van der Waals surface area contributed by atoms with Crippen LogP contribution in [0.25, 0.3) is 0 Å². The van der Waals surface area contributed by atoms with Gasteiger partial charge in [0.25, 0.3) is 0 Å². The summed E-state index contributed by atoms with van der Waals surface area (Å²) in [5.74, 6) is 0. The average Bonchev–Trinajstić information content (AvgIpc) is 1.86. The van der Waals surface area contributed by atoms with Crippen molar-refractivity contribution in [2.45, 2.75) is 0 Å². The second-order valence-corrected chi connectivity index (χ2v) is 1.18. The number of rotatable bonds is 0. The van der Waals surface area contributed by atoms with Crippen LogP contribution in [0.4, 0.5) is 0 Å². The van der Waals surface area contributed by atoms with Crippen LogP contribution >= 0.6 is 17.0 Å². The standard InChI is InChI=1S/C4H6N2.BrH/c1-6-4-2-3-5-6;/h2-4H,1H3;1H. The fraction of sp³-hybridized carbons (Fsp3) is 0.250. The monoisotopic (exact) mass is 162 g/mol. The van der Waals surface area contributed by atoms with Crippen molar-refractivity contribution in [1.29, 1.82) is 0 Å². The first-order valence-corrected chi connectivity index (χ1v) is 1.83. The molecule has 0 atom stereocenters. The van der Waals surface area contributed by atoms with Gasteiger partial charge >= 0.3 is 0 Å². The summed E-state index contributed by atoms with van der Waals surface area (Å²) < 4.78 is 1.75. The Labute approximate surface area is 52.9 Å². The molecule has 7 heavy (non-hydrogen) atoms. The van der Waals surface area contributed by atoms with Gasteiger partial charge in [-0.25, -0.2) is 0 Å². The molecule has 1 aromatic rings. The van der Waals surface area contributed by atoms with Gasteiger partial charge < -0.3 is 0 Å². The van der Waals surface area contributed by atoms with Crippen molar-refractivity contribution >= 4 is 17.0 Å². The first kappa shape index (κ1) is 6.69. The van der Waals surface area contributed by atoms with E-state index >= 15 is 0 Å². The zero-order valence-corrected chi connectivity index (χ0v) is 5.75. The number of hydrogen-bond acceptors (Lipinski definition) is 1. The molecule has 0 N–H and O–H groups in total. The summed E-state index contributed by atoms with van der Waals surface area (Å²) in [4.78, 5) is 0. The Balaban J connectivity index is 0.000000360. The Morgan fingerprint density at radius 1 is 1.57 bits per heavy atom. The lowest BCUT2D eigenvalue weighted by Gasteiger charge is -1.77. The van der Waals surface area contributed by atoms with Crippen molar-refractivity contribution in [2.75, 3.05) is 0 Å². The number of halogens is 1. The normalized spacial score (nSPS) is 7.57. The summed E-state index contributed by atoms with van der Waals surface area (Å²) in [5, 5.41) is 3.83. The molecule has 1 rings (SSSR count). The highest BCUT2D eigenvalue weighted by atomic mass is 79.9. The zero-order valence-electron chi connectivity index (χ0n) is 4.03. The van der Waals surface area contributed by atoms with Crippen LogP contribution in [0.3, 0.4) is 0 Å². The topological polar surface area (TPSA) is 17.8 Å². The van der Waals surface area contributed by atoms with Crippen molar-refractivity contribution in [3.63, 3.8) is 0 Å². The summed E-state index contributed by atoms with van der Waals surface area (Å²) in [6.45, 7) is 0. The van der Waals surface area contributed by atoms with Gasteiger partial charge in [-0.15, -0.1) is 17.0 Å². The maximum atomic E-state index is 3.83. The van der Waals surface area contributed by atoms with E-state index < -0.39 is 0 Å². The summed E-state index contributed by atoms with van der Waals surface area (Å²) in [6, 6.07) is 1.89. The van der Waals surface area contributed by atoms with E-state index in [1.807, 2.05) is 19.3 Å². The Morgan fingerprint density at radius 2 is 2.29 bits per heavy atom. The van der Waals surface area contributed by atoms with E-state index in [1.54, 1.807) is 10.9 Å². The summed E-state index contributed by atoms with van der Waals surface area (Å²) in [7, 11) is 1.89. The first-order valence-electron chi connectivity index (χ1n) is 1.83. The fourth-order valence-corrected chi connectivity index (χ4v) is 0.345. The highest BCUT2D eigenvalue weighted by molar-refractivity contribution is 8.93. The predicted molar refractivity (Wildman–Crippen MR) is 33.5 cm³/mol. The van der Waals surface area contributed by atoms with E-state index in [4.69, 9.17) is 0 Å². The molecule has 0 aromatic carbocycles. The Kier molecular flexibility index (Phi) is 2.67. The summed E-state index contributed by atoms with van der Waals surface area (Å²) in [5.41, 5.74) is 0. The first-order chi connectivity index (χ1) is 2.89. The molecule has 0 radical (unpaired) electrons. The van der Waals surface area contributed by atoms with Crippen LogP contribution in [-0.2, 0) is 7.05 Å². The van der Waals surface area contributed by atoms with Crippen molar-refractivity contribution in [1.82, 2.24) is 9.78 Å². The van der Waals surface area contributed by atoms with Crippen LogP contribution in [-0.4, -0.2) is 9.78 Å².